The Labute approximate surface area is 202 Å². The second kappa shape index (κ2) is 11.1. The molecule has 7 heteroatoms. The molecule has 2 aromatic carbocycles. The predicted octanol–water partition coefficient (Wildman–Crippen LogP) is 3.71. The summed E-state index contributed by atoms with van der Waals surface area (Å²) in [6.07, 6.45) is 2.33. The summed E-state index contributed by atoms with van der Waals surface area (Å²) in [5.74, 6) is 1.41. The molecule has 1 atom stereocenters. The van der Waals surface area contributed by atoms with Crippen LogP contribution in [0.25, 0.3) is 0 Å². The number of aliphatic hydroxyl groups is 1. The van der Waals surface area contributed by atoms with Crippen LogP contribution in [0.5, 0.6) is 11.5 Å². The molecule has 34 heavy (non-hydrogen) atoms. The zero-order chi connectivity index (χ0) is 24.1. The first-order valence-corrected chi connectivity index (χ1v) is 12.3. The van der Waals surface area contributed by atoms with E-state index in [-0.39, 0.29) is 18.6 Å². The molecule has 2 aliphatic heterocycles. The maximum absolute atomic E-state index is 13.6. The van der Waals surface area contributed by atoms with E-state index in [2.05, 4.69) is 22.8 Å². The molecule has 2 aliphatic rings. The lowest BCUT2D eigenvalue weighted by molar-refractivity contribution is 0.0687. The van der Waals surface area contributed by atoms with E-state index in [1.165, 1.54) is 5.69 Å². The number of anilines is 1. The number of piperazine rings is 1. The molecule has 1 N–H and O–H groups in total. The normalized spacial score (nSPS) is 17.1. The number of benzene rings is 2. The Kier molecular flexibility index (Phi) is 7.95. The van der Waals surface area contributed by atoms with Crippen LogP contribution in [-0.2, 0) is 6.54 Å². The average molecular weight is 468 g/mol. The molecule has 184 valence electrons. The number of hydrogen-bond acceptors (Lipinski definition) is 6. The van der Waals surface area contributed by atoms with Gasteiger partial charge in [0, 0.05) is 56.1 Å². The van der Waals surface area contributed by atoms with E-state index in [9.17, 15) is 9.90 Å². The SMILES string of the molecule is CCN1CCN(c2cccc3c2CN([C@H](CCCCO)c2ccc(OC)c(OC)c2)C3=O)CC1. The van der Waals surface area contributed by atoms with Crippen LogP contribution in [0.15, 0.2) is 36.4 Å². The fourth-order valence-electron chi connectivity index (χ4n) is 5.20. The minimum absolute atomic E-state index is 0.0767. The number of nitrogens with zero attached hydrogens (tertiary/aromatic N) is 3. The molecule has 1 fully saturated rings. The second-order valence-electron chi connectivity index (χ2n) is 9.01. The zero-order valence-corrected chi connectivity index (χ0v) is 20.6. The molecule has 2 aromatic rings. The Hall–Kier alpha value is -2.77. The summed E-state index contributed by atoms with van der Waals surface area (Å²) in [4.78, 5) is 20.5. The summed E-state index contributed by atoms with van der Waals surface area (Å²) >= 11 is 0. The minimum atomic E-state index is -0.101. The summed E-state index contributed by atoms with van der Waals surface area (Å²) in [6.45, 7) is 8.09. The highest BCUT2D eigenvalue weighted by atomic mass is 16.5. The largest absolute Gasteiger partial charge is 0.493 e. The minimum Gasteiger partial charge on any atom is -0.493 e. The van der Waals surface area contributed by atoms with Gasteiger partial charge < -0.3 is 29.3 Å². The molecule has 0 saturated carbocycles. The second-order valence-corrected chi connectivity index (χ2v) is 9.01. The number of unbranched alkanes of at least 4 members (excludes halogenated alkanes) is 1. The van der Waals surface area contributed by atoms with Crippen molar-refractivity contribution in [3.8, 4) is 11.5 Å². The number of carbonyl (C=O) groups excluding carboxylic acids is 1. The highest BCUT2D eigenvalue weighted by molar-refractivity contribution is 6.00. The van der Waals surface area contributed by atoms with Gasteiger partial charge in [-0.1, -0.05) is 19.1 Å². The van der Waals surface area contributed by atoms with Crippen LogP contribution in [0.2, 0.25) is 0 Å². The van der Waals surface area contributed by atoms with Crippen LogP contribution in [0.3, 0.4) is 0 Å². The Morgan fingerprint density at radius 1 is 1.00 bits per heavy atom. The highest BCUT2D eigenvalue weighted by Gasteiger charge is 2.36. The number of rotatable bonds is 10. The monoisotopic (exact) mass is 467 g/mol. The molecule has 0 bridgehead atoms. The molecule has 0 spiro atoms. The number of methoxy groups -OCH3 is 2. The van der Waals surface area contributed by atoms with Crippen molar-refractivity contribution in [2.45, 2.75) is 38.8 Å². The van der Waals surface area contributed by atoms with Crippen molar-refractivity contribution in [3.05, 3.63) is 53.1 Å². The Balaban J connectivity index is 1.63. The Bertz CT molecular complexity index is 988. The van der Waals surface area contributed by atoms with Gasteiger partial charge in [0.25, 0.3) is 5.91 Å². The Morgan fingerprint density at radius 3 is 2.44 bits per heavy atom. The first kappa shape index (κ1) is 24.4. The fourth-order valence-corrected chi connectivity index (χ4v) is 5.20. The standard InChI is InChI=1S/C27H37N3O4/c1-4-28-13-15-29(16-14-28)24-10-7-8-21-22(24)19-30(27(21)32)23(9-5-6-17-31)20-11-12-25(33-2)26(18-20)34-3/h7-8,10-12,18,23,31H,4-6,9,13-17,19H2,1-3H3/t23-/m1/s1. The van der Waals surface area contributed by atoms with Crippen molar-refractivity contribution >= 4 is 11.6 Å². The van der Waals surface area contributed by atoms with E-state index in [1.54, 1.807) is 14.2 Å². The molecule has 0 unspecified atom stereocenters. The number of ether oxygens (including phenoxy) is 2. The van der Waals surface area contributed by atoms with Crippen molar-refractivity contribution in [3.63, 3.8) is 0 Å². The van der Waals surface area contributed by atoms with Gasteiger partial charge in [0.1, 0.15) is 0 Å². The lowest BCUT2D eigenvalue weighted by Crippen LogP contribution is -2.46. The van der Waals surface area contributed by atoms with Gasteiger partial charge in [-0.25, -0.2) is 0 Å². The molecule has 0 aliphatic carbocycles. The summed E-state index contributed by atoms with van der Waals surface area (Å²) in [5.41, 5.74) is 4.15. The smallest absolute Gasteiger partial charge is 0.255 e. The van der Waals surface area contributed by atoms with Crippen LogP contribution in [0, 0.1) is 0 Å². The number of amides is 1. The van der Waals surface area contributed by atoms with E-state index in [0.717, 1.165) is 62.3 Å². The maximum atomic E-state index is 13.6. The van der Waals surface area contributed by atoms with Gasteiger partial charge >= 0.3 is 0 Å². The van der Waals surface area contributed by atoms with Crippen molar-refractivity contribution in [1.29, 1.82) is 0 Å². The molecule has 1 amide bonds. The lowest BCUT2D eigenvalue weighted by atomic mass is 9.98. The third-order valence-corrected chi connectivity index (χ3v) is 7.19. The topological polar surface area (TPSA) is 65.5 Å². The third-order valence-electron chi connectivity index (χ3n) is 7.19. The van der Waals surface area contributed by atoms with Crippen molar-refractivity contribution in [1.82, 2.24) is 9.80 Å². The molecular weight excluding hydrogens is 430 g/mol. The van der Waals surface area contributed by atoms with Gasteiger partial charge in [0.05, 0.1) is 20.3 Å². The molecule has 0 aromatic heterocycles. The summed E-state index contributed by atoms with van der Waals surface area (Å²) in [7, 11) is 3.25. The molecule has 2 heterocycles. The fraction of sp³-hybridized carbons (Fsp3) is 0.519. The molecule has 1 saturated heterocycles. The van der Waals surface area contributed by atoms with Crippen LogP contribution >= 0.6 is 0 Å². The number of carbonyl (C=O) groups is 1. The van der Waals surface area contributed by atoms with Gasteiger partial charge in [0.2, 0.25) is 0 Å². The highest BCUT2D eigenvalue weighted by Crippen LogP contribution is 2.40. The van der Waals surface area contributed by atoms with Gasteiger partial charge in [-0.3, -0.25) is 4.79 Å². The zero-order valence-electron chi connectivity index (χ0n) is 20.6. The van der Waals surface area contributed by atoms with Crippen LogP contribution in [-0.4, -0.2) is 74.4 Å². The van der Waals surface area contributed by atoms with E-state index in [0.29, 0.717) is 24.5 Å². The summed E-state index contributed by atoms with van der Waals surface area (Å²) in [6, 6.07) is 11.9. The Morgan fingerprint density at radius 2 is 1.76 bits per heavy atom. The van der Waals surface area contributed by atoms with E-state index >= 15 is 0 Å². The van der Waals surface area contributed by atoms with Crippen molar-refractivity contribution in [2.75, 3.05) is 58.5 Å². The van der Waals surface area contributed by atoms with Crippen LogP contribution < -0.4 is 14.4 Å². The predicted molar refractivity (Wildman–Crippen MR) is 134 cm³/mol. The van der Waals surface area contributed by atoms with E-state index < -0.39 is 0 Å². The van der Waals surface area contributed by atoms with Gasteiger partial charge in [-0.05, 0) is 55.6 Å². The van der Waals surface area contributed by atoms with Crippen molar-refractivity contribution < 1.29 is 19.4 Å². The van der Waals surface area contributed by atoms with Gasteiger partial charge in [-0.2, -0.15) is 0 Å². The quantitative estimate of drug-likeness (QED) is 0.538. The number of hydrogen-bond donors (Lipinski definition) is 1. The molecular formula is C27H37N3O4. The summed E-state index contributed by atoms with van der Waals surface area (Å²) in [5, 5.41) is 9.35. The van der Waals surface area contributed by atoms with Crippen molar-refractivity contribution in [2.24, 2.45) is 0 Å². The number of fused-ring (bicyclic) bond motifs is 1. The molecule has 7 nitrogen and oxygen atoms in total. The van der Waals surface area contributed by atoms with Gasteiger partial charge in [0.15, 0.2) is 11.5 Å². The van der Waals surface area contributed by atoms with E-state index in [4.69, 9.17) is 9.47 Å². The third kappa shape index (κ3) is 4.86. The molecule has 0 radical (unpaired) electrons. The van der Waals surface area contributed by atoms with Crippen LogP contribution in [0.4, 0.5) is 5.69 Å². The average Bonchev–Trinajstić information content (AvgIpc) is 3.22. The summed E-state index contributed by atoms with van der Waals surface area (Å²) < 4.78 is 11.0. The number of likely N-dealkylation sites (N-methyl/N-ethyl adjacent to an activating group) is 1. The molecule has 4 rings (SSSR count). The van der Waals surface area contributed by atoms with Crippen LogP contribution in [0.1, 0.15) is 53.7 Å². The van der Waals surface area contributed by atoms with E-state index in [1.807, 2.05) is 35.2 Å². The first-order chi connectivity index (χ1) is 16.6. The number of aliphatic hydroxyl groups excluding tert-OH is 1. The van der Waals surface area contributed by atoms with Gasteiger partial charge in [-0.15, -0.1) is 0 Å². The lowest BCUT2D eigenvalue weighted by Gasteiger charge is -2.36. The maximum Gasteiger partial charge on any atom is 0.255 e. The first-order valence-electron chi connectivity index (χ1n) is 12.3.